The first-order valence-electron chi connectivity index (χ1n) is 7.65. The van der Waals surface area contributed by atoms with E-state index in [1.54, 1.807) is 0 Å². The topological polar surface area (TPSA) is 17.1 Å². The Hall–Kier alpha value is -1.89. The molecule has 1 nitrogen and oxygen atoms in total. The fraction of sp³-hybridized carbons (Fsp3) is 0.350. The van der Waals surface area contributed by atoms with Crippen LogP contribution in [0.15, 0.2) is 60.7 Å². The fourth-order valence-corrected chi connectivity index (χ4v) is 3.48. The molecule has 0 amide bonds. The van der Waals surface area contributed by atoms with Crippen molar-refractivity contribution in [1.29, 1.82) is 0 Å². The maximum atomic E-state index is 12.9. The maximum Gasteiger partial charge on any atom is 0.144 e. The quantitative estimate of drug-likeness (QED) is 0.789. The number of rotatable bonds is 5. The van der Waals surface area contributed by atoms with Crippen molar-refractivity contribution in [3.63, 3.8) is 0 Å². The summed E-state index contributed by atoms with van der Waals surface area (Å²) in [6.45, 7) is 4.44. The van der Waals surface area contributed by atoms with Crippen molar-refractivity contribution in [3.05, 3.63) is 71.8 Å². The smallest absolute Gasteiger partial charge is 0.144 e. The minimum absolute atomic E-state index is 0.120. The van der Waals surface area contributed by atoms with Crippen molar-refractivity contribution in [1.82, 2.24) is 0 Å². The lowest BCUT2D eigenvalue weighted by Crippen LogP contribution is -2.25. The van der Waals surface area contributed by atoms with Crippen LogP contribution in [-0.2, 0) is 17.6 Å². The highest BCUT2D eigenvalue weighted by Gasteiger charge is 2.64. The molecule has 0 N–H and O–H groups in total. The third-order valence-corrected chi connectivity index (χ3v) is 5.00. The SMILES string of the molecule is CC1(C)CC1(Cc1ccccc1)C(=O)Cc1ccccc1. The summed E-state index contributed by atoms with van der Waals surface area (Å²) in [5.74, 6) is 0.391. The molecule has 1 aliphatic carbocycles. The third kappa shape index (κ3) is 2.65. The van der Waals surface area contributed by atoms with Crippen molar-refractivity contribution in [2.45, 2.75) is 33.1 Å². The normalized spacial score (nSPS) is 22.8. The molecule has 3 rings (SSSR count). The summed E-state index contributed by atoms with van der Waals surface area (Å²) in [5, 5.41) is 0. The van der Waals surface area contributed by atoms with Crippen LogP contribution in [0.25, 0.3) is 0 Å². The third-order valence-electron chi connectivity index (χ3n) is 5.00. The predicted octanol–water partition coefficient (Wildman–Crippen LogP) is 4.46. The number of ketones is 1. The van der Waals surface area contributed by atoms with Crippen molar-refractivity contribution in [2.75, 3.05) is 0 Å². The van der Waals surface area contributed by atoms with Gasteiger partial charge in [0.25, 0.3) is 0 Å². The van der Waals surface area contributed by atoms with E-state index in [4.69, 9.17) is 0 Å². The van der Waals surface area contributed by atoms with Crippen LogP contribution in [-0.4, -0.2) is 5.78 Å². The monoisotopic (exact) mass is 278 g/mol. The zero-order valence-corrected chi connectivity index (χ0v) is 12.8. The number of hydrogen-bond donors (Lipinski definition) is 0. The molecular formula is C20H22O. The van der Waals surface area contributed by atoms with Crippen LogP contribution in [0.4, 0.5) is 0 Å². The Morgan fingerprint density at radius 2 is 1.38 bits per heavy atom. The molecule has 1 atom stereocenters. The molecule has 0 aromatic heterocycles. The lowest BCUT2D eigenvalue weighted by atomic mass is 9.83. The molecule has 2 aromatic carbocycles. The molecule has 21 heavy (non-hydrogen) atoms. The summed E-state index contributed by atoms with van der Waals surface area (Å²) in [7, 11) is 0. The van der Waals surface area contributed by atoms with Gasteiger partial charge in [0.15, 0.2) is 0 Å². The van der Waals surface area contributed by atoms with E-state index < -0.39 is 0 Å². The Labute approximate surface area is 127 Å². The van der Waals surface area contributed by atoms with Crippen LogP contribution in [0.3, 0.4) is 0 Å². The second-order valence-electron chi connectivity index (χ2n) is 6.89. The Morgan fingerprint density at radius 3 is 1.86 bits per heavy atom. The first-order valence-corrected chi connectivity index (χ1v) is 7.65. The molecular weight excluding hydrogens is 256 g/mol. The number of benzene rings is 2. The van der Waals surface area contributed by atoms with E-state index in [1.807, 2.05) is 36.4 Å². The maximum absolute atomic E-state index is 12.9. The molecule has 1 aliphatic rings. The minimum Gasteiger partial charge on any atom is -0.299 e. The van der Waals surface area contributed by atoms with Crippen LogP contribution in [0, 0.1) is 10.8 Å². The molecule has 0 saturated heterocycles. The average Bonchev–Trinajstić information content (AvgIpc) is 3.03. The van der Waals surface area contributed by atoms with Gasteiger partial charge in [-0.3, -0.25) is 4.79 Å². The predicted molar refractivity (Wildman–Crippen MR) is 86.1 cm³/mol. The second-order valence-corrected chi connectivity index (χ2v) is 6.89. The molecule has 1 unspecified atom stereocenters. The van der Waals surface area contributed by atoms with Crippen LogP contribution in [0.5, 0.6) is 0 Å². The number of carbonyl (C=O) groups is 1. The van der Waals surface area contributed by atoms with Gasteiger partial charge in [0.05, 0.1) is 0 Å². The molecule has 1 heteroatoms. The molecule has 1 fully saturated rings. The van der Waals surface area contributed by atoms with Crippen LogP contribution >= 0.6 is 0 Å². The lowest BCUT2D eigenvalue weighted by Gasteiger charge is -2.19. The molecule has 108 valence electrons. The zero-order chi connectivity index (χ0) is 14.9. The summed E-state index contributed by atoms with van der Waals surface area (Å²) >= 11 is 0. The highest BCUT2D eigenvalue weighted by Crippen LogP contribution is 2.65. The summed E-state index contributed by atoms with van der Waals surface area (Å²) in [6.07, 6.45) is 2.42. The number of carbonyl (C=O) groups excluding carboxylic acids is 1. The van der Waals surface area contributed by atoms with Gasteiger partial charge in [0, 0.05) is 11.8 Å². The van der Waals surface area contributed by atoms with Crippen LogP contribution < -0.4 is 0 Å². The van der Waals surface area contributed by atoms with Gasteiger partial charge in [-0.1, -0.05) is 74.5 Å². The van der Waals surface area contributed by atoms with Gasteiger partial charge in [-0.05, 0) is 29.4 Å². The molecule has 0 heterocycles. The second kappa shape index (κ2) is 5.14. The highest BCUT2D eigenvalue weighted by molar-refractivity contribution is 5.91. The number of hydrogen-bond acceptors (Lipinski definition) is 1. The zero-order valence-electron chi connectivity index (χ0n) is 12.8. The van der Waals surface area contributed by atoms with E-state index in [2.05, 4.69) is 38.1 Å². The van der Waals surface area contributed by atoms with Crippen molar-refractivity contribution < 1.29 is 4.79 Å². The van der Waals surface area contributed by atoms with Gasteiger partial charge in [-0.2, -0.15) is 0 Å². The van der Waals surface area contributed by atoms with E-state index in [0.29, 0.717) is 12.2 Å². The van der Waals surface area contributed by atoms with E-state index in [-0.39, 0.29) is 10.8 Å². The lowest BCUT2D eigenvalue weighted by molar-refractivity contribution is -0.124. The van der Waals surface area contributed by atoms with E-state index in [9.17, 15) is 4.79 Å². The highest BCUT2D eigenvalue weighted by atomic mass is 16.1. The minimum atomic E-state index is -0.176. The Morgan fingerprint density at radius 1 is 0.905 bits per heavy atom. The molecule has 0 bridgehead atoms. The van der Waals surface area contributed by atoms with Gasteiger partial charge < -0.3 is 0 Å². The van der Waals surface area contributed by atoms with Crippen molar-refractivity contribution >= 4 is 5.78 Å². The van der Waals surface area contributed by atoms with Crippen molar-refractivity contribution in [3.8, 4) is 0 Å². The average molecular weight is 278 g/mol. The molecule has 1 saturated carbocycles. The summed E-state index contributed by atoms with van der Waals surface area (Å²) in [5.41, 5.74) is 2.33. The van der Waals surface area contributed by atoms with E-state index in [0.717, 1.165) is 18.4 Å². The molecule has 0 aliphatic heterocycles. The van der Waals surface area contributed by atoms with Gasteiger partial charge in [-0.25, -0.2) is 0 Å². The van der Waals surface area contributed by atoms with Gasteiger partial charge in [0.1, 0.15) is 5.78 Å². The Balaban J connectivity index is 1.81. The summed E-state index contributed by atoms with van der Waals surface area (Å²) in [6, 6.07) is 20.5. The largest absolute Gasteiger partial charge is 0.299 e. The van der Waals surface area contributed by atoms with E-state index in [1.165, 1.54) is 5.56 Å². The van der Waals surface area contributed by atoms with Crippen LogP contribution in [0.2, 0.25) is 0 Å². The first-order chi connectivity index (χ1) is 10.0. The fourth-order valence-electron chi connectivity index (χ4n) is 3.48. The Kier molecular flexibility index (Phi) is 3.44. The van der Waals surface area contributed by atoms with Gasteiger partial charge >= 0.3 is 0 Å². The standard InChI is InChI=1S/C20H22O/c1-19(2)15-20(19,14-17-11-7-4-8-12-17)18(21)13-16-9-5-3-6-10-16/h3-12H,13-15H2,1-2H3. The van der Waals surface area contributed by atoms with Crippen molar-refractivity contribution in [2.24, 2.45) is 10.8 Å². The summed E-state index contributed by atoms with van der Waals surface area (Å²) in [4.78, 5) is 12.9. The first kappa shape index (κ1) is 14.1. The summed E-state index contributed by atoms with van der Waals surface area (Å²) < 4.78 is 0. The Bertz CT molecular complexity index is 627. The molecule has 0 spiro atoms. The number of Topliss-reactive ketones (excluding diaryl/α,β-unsaturated/α-hetero) is 1. The van der Waals surface area contributed by atoms with E-state index >= 15 is 0 Å². The molecule has 0 radical (unpaired) electrons. The van der Waals surface area contributed by atoms with Gasteiger partial charge in [-0.15, -0.1) is 0 Å². The molecule has 2 aromatic rings. The van der Waals surface area contributed by atoms with Crippen LogP contribution in [0.1, 0.15) is 31.4 Å². The van der Waals surface area contributed by atoms with Gasteiger partial charge in [0.2, 0.25) is 0 Å².